The number of anilines is 1. The molecule has 9 heteroatoms. The van der Waals surface area contributed by atoms with Gasteiger partial charge in [0.2, 0.25) is 0 Å². The number of nitrogens with zero attached hydrogens (tertiary/aromatic N) is 3. The Morgan fingerprint density at radius 2 is 1.93 bits per heavy atom. The number of urea groups is 1. The molecule has 0 fully saturated rings. The molecule has 3 aromatic rings. The first-order valence-electron chi connectivity index (χ1n) is 8.55. The molecule has 28 heavy (non-hydrogen) atoms. The van der Waals surface area contributed by atoms with Gasteiger partial charge in [-0.2, -0.15) is 0 Å². The third-order valence-electron chi connectivity index (χ3n) is 3.70. The first-order valence-corrected chi connectivity index (χ1v) is 8.55. The smallest absolute Gasteiger partial charge is 0.320 e. The van der Waals surface area contributed by atoms with Crippen molar-refractivity contribution in [3.05, 3.63) is 36.5 Å². The Bertz CT molecular complexity index is 1040. The summed E-state index contributed by atoms with van der Waals surface area (Å²) in [6.07, 6.45) is 1.61. The van der Waals surface area contributed by atoms with Gasteiger partial charge in [-0.3, -0.25) is 15.1 Å². The monoisotopic (exact) mass is 381 g/mol. The predicted octanol–water partition coefficient (Wildman–Crippen LogP) is 2.77. The summed E-state index contributed by atoms with van der Waals surface area (Å²) in [6.45, 7) is 3.65. The Hall–Kier alpha value is -3.75. The standard InChI is InChI=1S/C19H19N5O4/c1-4-20-19(26)24-17-8-6-13-18(23-17)22-14(10-21-13)12-5-7-15(28-11(2)25)16(9-12)27-3/h5-10H,4H2,1-3H3,(H2,20,22,23,24,26). The van der Waals surface area contributed by atoms with Gasteiger partial charge >= 0.3 is 12.0 Å². The summed E-state index contributed by atoms with van der Waals surface area (Å²) >= 11 is 0. The van der Waals surface area contributed by atoms with E-state index in [0.717, 1.165) is 0 Å². The molecule has 0 spiro atoms. The second-order valence-electron chi connectivity index (χ2n) is 5.74. The number of hydrogen-bond donors (Lipinski definition) is 2. The van der Waals surface area contributed by atoms with Gasteiger partial charge in [0.15, 0.2) is 17.1 Å². The lowest BCUT2D eigenvalue weighted by atomic mass is 10.1. The van der Waals surface area contributed by atoms with Gasteiger partial charge in [-0.05, 0) is 37.3 Å². The van der Waals surface area contributed by atoms with Crippen LogP contribution in [-0.2, 0) is 4.79 Å². The van der Waals surface area contributed by atoms with Gasteiger partial charge in [-0.15, -0.1) is 0 Å². The van der Waals surface area contributed by atoms with E-state index in [2.05, 4.69) is 25.6 Å². The molecule has 0 aliphatic heterocycles. The largest absolute Gasteiger partial charge is 0.493 e. The van der Waals surface area contributed by atoms with E-state index in [-0.39, 0.29) is 6.03 Å². The Balaban J connectivity index is 1.94. The summed E-state index contributed by atoms with van der Waals surface area (Å²) < 4.78 is 10.4. The molecule has 2 heterocycles. The van der Waals surface area contributed by atoms with Crippen molar-refractivity contribution in [2.75, 3.05) is 19.0 Å². The van der Waals surface area contributed by atoms with Crippen molar-refractivity contribution in [2.45, 2.75) is 13.8 Å². The van der Waals surface area contributed by atoms with Crippen molar-refractivity contribution in [3.8, 4) is 22.8 Å². The van der Waals surface area contributed by atoms with Gasteiger partial charge in [-0.1, -0.05) is 0 Å². The third-order valence-corrected chi connectivity index (χ3v) is 3.70. The van der Waals surface area contributed by atoms with Crippen LogP contribution in [0.3, 0.4) is 0 Å². The Morgan fingerprint density at radius 3 is 2.64 bits per heavy atom. The average Bonchev–Trinajstić information content (AvgIpc) is 2.67. The molecule has 0 saturated heterocycles. The number of fused-ring (bicyclic) bond motifs is 1. The van der Waals surface area contributed by atoms with Crippen LogP contribution in [0.1, 0.15) is 13.8 Å². The molecule has 144 valence electrons. The first-order chi connectivity index (χ1) is 13.5. The third kappa shape index (κ3) is 4.32. The van der Waals surface area contributed by atoms with Crippen LogP contribution in [0.25, 0.3) is 22.4 Å². The van der Waals surface area contributed by atoms with Crippen LogP contribution >= 0.6 is 0 Å². The summed E-state index contributed by atoms with van der Waals surface area (Å²) in [5.41, 5.74) is 2.25. The molecule has 1 aromatic carbocycles. The van der Waals surface area contributed by atoms with Crippen molar-refractivity contribution in [1.29, 1.82) is 0 Å². The molecule has 0 unspecified atom stereocenters. The average molecular weight is 381 g/mol. The minimum atomic E-state index is -0.437. The predicted molar refractivity (Wildman–Crippen MR) is 103 cm³/mol. The van der Waals surface area contributed by atoms with E-state index in [9.17, 15) is 9.59 Å². The molecule has 2 aromatic heterocycles. The summed E-state index contributed by atoms with van der Waals surface area (Å²) in [5, 5.41) is 5.28. The van der Waals surface area contributed by atoms with Gasteiger partial charge in [0.1, 0.15) is 11.3 Å². The van der Waals surface area contributed by atoms with E-state index in [1.165, 1.54) is 14.0 Å². The summed E-state index contributed by atoms with van der Waals surface area (Å²) in [6, 6.07) is 8.11. The second kappa shape index (κ2) is 8.30. The van der Waals surface area contributed by atoms with E-state index in [1.807, 2.05) is 6.92 Å². The zero-order valence-corrected chi connectivity index (χ0v) is 15.6. The van der Waals surface area contributed by atoms with Gasteiger partial charge < -0.3 is 14.8 Å². The number of carbonyl (C=O) groups excluding carboxylic acids is 2. The van der Waals surface area contributed by atoms with Gasteiger partial charge in [-0.25, -0.2) is 14.8 Å². The number of pyridine rings is 1. The fourth-order valence-corrected chi connectivity index (χ4v) is 2.49. The molecular weight excluding hydrogens is 362 g/mol. The highest BCUT2D eigenvalue weighted by molar-refractivity contribution is 5.89. The zero-order valence-electron chi connectivity index (χ0n) is 15.6. The molecule has 2 N–H and O–H groups in total. The van der Waals surface area contributed by atoms with E-state index in [0.29, 0.717) is 46.3 Å². The highest BCUT2D eigenvalue weighted by Gasteiger charge is 2.12. The van der Waals surface area contributed by atoms with E-state index >= 15 is 0 Å². The number of amides is 2. The van der Waals surface area contributed by atoms with Crippen LogP contribution < -0.4 is 20.1 Å². The van der Waals surface area contributed by atoms with Gasteiger partial charge in [0.05, 0.1) is 19.0 Å². The lowest BCUT2D eigenvalue weighted by Crippen LogP contribution is -2.28. The van der Waals surface area contributed by atoms with Crippen LogP contribution in [0.15, 0.2) is 36.5 Å². The quantitative estimate of drug-likeness (QED) is 0.516. The number of nitrogens with one attached hydrogen (secondary N) is 2. The first kappa shape index (κ1) is 19.0. The molecule has 0 atom stereocenters. The summed E-state index contributed by atoms with van der Waals surface area (Å²) in [5.74, 6) is 0.647. The molecule has 2 amide bonds. The van der Waals surface area contributed by atoms with Crippen LogP contribution in [0.2, 0.25) is 0 Å². The van der Waals surface area contributed by atoms with Crippen molar-refractivity contribution in [1.82, 2.24) is 20.3 Å². The number of esters is 1. The number of hydrogen-bond acceptors (Lipinski definition) is 7. The normalized spacial score (nSPS) is 10.4. The van der Waals surface area contributed by atoms with Crippen LogP contribution in [-0.4, -0.2) is 40.6 Å². The van der Waals surface area contributed by atoms with E-state index in [1.54, 1.807) is 36.5 Å². The van der Waals surface area contributed by atoms with Crippen molar-refractivity contribution < 1.29 is 19.1 Å². The van der Waals surface area contributed by atoms with E-state index < -0.39 is 5.97 Å². The summed E-state index contributed by atoms with van der Waals surface area (Å²) in [7, 11) is 1.49. The Kier molecular flexibility index (Phi) is 5.64. The van der Waals surface area contributed by atoms with Crippen LogP contribution in [0.4, 0.5) is 10.6 Å². The second-order valence-corrected chi connectivity index (χ2v) is 5.74. The maximum atomic E-state index is 11.7. The molecule has 0 bridgehead atoms. The topological polar surface area (TPSA) is 115 Å². The molecule has 0 aliphatic rings. The molecular formula is C19H19N5O4. The number of rotatable bonds is 5. The number of aromatic nitrogens is 3. The van der Waals surface area contributed by atoms with Gasteiger partial charge in [0.25, 0.3) is 0 Å². The minimum absolute atomic E-state index is 0.319. The number of carbonyl (C=O) groups is 2. The fraction of sp³-hybridized carbons (Fsp3) is 0.211. The lowest BCUT2D eigenvalue weighted by molar-refractivity contribution is -0.132. The molecule has 9 nitrogen and oxygen atoms in total. The number of methoxy groups -OCH3 is 1. The lowest BCUT2D eigenvalue weighted by Gasteiger charge is -2.10. The van der Waals surface area contributed by atoms with Gasteiger partial charge in [0, 0.05) is 19.0 Å². The van der Waals surface area contributed by atoms with Crippen molar-refractivity contribution >= 4 is 29.0 Å². The number of ether oxygens (including phenoxy) is 2. The molecule has 0 saturated carbocycles. The summed E-state index contributed by atoms with van der Waals surface area (Å²) in [4.78, 5) is 36.1. The molecule has 0 aliphatic carbocycles. The highest BCUT2D eigenvalue weighted by atomic mass is 16.6. The Morgan fingerprint density at radius 1 is 1.11 bits per heavy atom. The van der Waals surface area contributed by atoms with Crippen molar-refractivity contribution in [3.63, 3.8) is 0 Å². The van der Waals surface area contributed by atoms with Crippen LogP contribution in [0.5, 0.6) is 11.5 Å². The maximum Gasteiger partial charge on any atom is 0.320 e. The molecule has 3 rings (SSSR count). The minimum Gasteiger partial charge on any atom is -0.493 e. The van der Waals surface area contributed by atoms with E-state index in [4.69, 9.17) is 9.47 Å². The Labute approximate surface area is 161 Å². The van der Waals surface area contributed by atoms with Crippen LogP contribution in [0, 0.1) is 0 Å². The highest BCUT2D eigenvalue weighted by Crippen LogP contribution is 2.32. The maximum absolute atomic E-state index is 11.7. The zero-order chi connectivity index (χ0) is 20.1. The fourth-order valence-electron chi connectivity index (χ4n) is 2.49. The SMILES string of the molecule is CCNC(=O)Nc1ccc2ncc(-c3ccc(OC(C)=O)c(OC)c3)nc2n1. The number of benzene rings is 1. The molecule has 0 radical (unpaired) electrons. The van der Waals surface area contributed by atoms with Crippen molar-refractivity contribution in [2.24, 2.45) is 0 Å².